The van der Waals surface area contributed by atoms with Crippen molar-refractivity contribution in [2.75, 3.05) is 5.73 Å². The molecule has 0 saturated heterocycles. The summed E-state index contributed by atoms with van der Waals surface area (Å²) in [4.78, 5) is 32.2. The van der Waals surface area contributed by atoms with Crippen molar-refractivity contribution in [3.05, 3.63) is 57.8 Å². The monoisotopic (exact) mass is 352 g/mol. The van der Waals surface area contributed by atoms with Gasteiger partial charge in [-0.1, -0.05) is 13.8 Å². The van der Waals surface area contributed by atoms with E-state index in [0.29, 0.717) is 0 Å². The molecule has 1 atom stereocenters. The van der Waals surface area contributed by atoms with E-state index in [9.17, 15) is 14.7 Å². The van der Waals surface area contributed by atoms with Gasteiger partial charge in [0, 0.05) is 24.2 Å². The lowest BCUT2D eigenvalue weighted by molar-refractivity contribution is 0.0694. The van der Waals surface area contributed by atoms with E-state index in [1.807, 2.05) is 20.8 Å². The highest BCUT2D eigenvalue weighted by Crippen LogP contribution is 2.31. The molecule has 0 aromatic carbocycles. The molecule has 3 aromatic heterocycles. The second kappa shape index (κ2) is 6.59. The van der Waals surface area contributed by atoms with Crippen LogP contribution in [-0.4, -0.2) is 25.4 Å². The molecule has 0 fully saturated rings. The molecule has 0 radical (unpaired) electrons. The molecule has 0 aliphatic heterocycles. The maximum atomic E-state index is 12.6. The van der Waals surface area contributed by atoms with Gasteiger partial charge in [0.15, 0.2) is 0 Å². The predicted octanol–water partition coefficient (Wildman–Crippen LogP) is 2.86. The zero-order valence-electron chi connectivity index (χ0n) is 14.9. The van der Waals surface area contributed by atoms with E-state index in [1.54, 1.807) is 24.7 Å². The number of aromatic nitrogens is 3. The molecule has 1 unspecified atom stereocenters. The van der Waals surface area contributed by atoms with Crippen molar-refractivity contribution in [3.8, 4) is 11.1 Å². The molecule has 26 heavy (non-hydrogen) atoms. The lowest BCUT2D eigenvalue weighted by Gasteiger charge is -2.18. The molecule has 0 saturated carbocycles. The Labute approximate surface area is 150 Å². The first-order valence-corrected chi connectivity index (χ1v) is 8.35. The van der Waals surface area contributed by atoms with Gasteiger partial charge in [0.1, 0.15) is 5.56 Å². The Balaban J connectivity index is 2.40. The first kappa shape index (κ1) is 17.6. The van der Waals surface area contributed by atoms with Crippen molar-refractivity contribution in [1.82, 2.24) is 14.4 Å². The molecular formula is C19H20N4O3. The van der Waals surface area contributed by atoms with Gasteiger partial charge in [-0.05, 0) is 48.1 Å². The summed E-state index contributed by atoms with van der Waals surface area (Å²) in [6.45, 7) is 5.95. The van der Waals surface area contributed by atoms with Crippen LogP contribution in [0.15, 0.2) is 35.5 Å². The fraction of sp³-hybridized carbons (Fsp3) is 0.263. The van der Waals surface area contributed by atoms with Crippen molar-refractivity contribution in [3.63, 3.8) is 0 Å². The van der Waals surface area contributed by atoms with Gasteiger partial charge < -0.3 is 10.8 Å². The summed E-state index contributed by atoms with van der Waals surface area (Å²) >= 11 is 0. The average molecular weight is 352 g/mol. The highest BCUT2D eigenvalue weighted by atomic mass is 16.4. The largest absolute Gasteiger partial charge is 0.477 e. The summed E-state index contributed by atoms with van der Waals surface area (Å²) in [5.41, 5.74) is 8.88. The number of aryl methyl sites for hydroxylation is 1. The SMILES string of the molecule is CCC(C)c1cc(C(=O)O)c(=O)n2ccc(-c3cnc(N)nc3)c(C)c12. The van der Waals surface area contributed by atoms with Crippen molar-refractivity contribution in [1.29, 1.82) is 0 Å². The first-order valence-electron chi connectivity index (χ1n) is 8.35. The maximum absolute atomic E-state index is 12.6. The second-order valence-corrected chi connectivity index (χ2v) is 6.34. The lowest BCUT2D eigenvalue weighted by Crippen LogP contribution is -2.24. The van der Waals surface area contributed by atoms with E-state index in [1.165, 1.54) is 10.5 Å². The van der Waals surface area contributed by atoms with E-state index < -0.39 is 11.5 Å². The zero-order valence-corrected chi connectivity index (χ0v) is 14.9. The van der Waals surface area contributed by atoms with Crippen LogP contribution in [-0.2, 0) is 0 Å². The molecule has 7 nitrogen and oxygen atoms in total. The number of carboxylic acid groups (broad SMARTS) is 1. The van der Waals surface area contributed by atoms with Crippen molar-refractivity contribution in [2.24, 2.45) is 0 Å². The fourth-order valence-electron chi connectivity index (χ4n) is 3.14. The van der Waals surface area contributed by atoms with Crippen LogP contribution in [0.5, 0.6) is 0 Å². The highest BCUT2D eigenvalue weighted by molar-refractivity contribution is 5.89. The van der Waals surface area contributed by atoms with Gasteiger partial charge in [-0.25, -0.2) is 14.8 Å². The third kappa shape index (κ3) is 2.81. The van der Waals surface area contributed by atoms with Crippen molar-refractivity contribution < 1.29 is 9.90 Å². The number of nitrogen functional groups attached to an aromatic ring is 1. The van der Waals surface area contributed by atoms with E-state index in [0.717, 1.165) is 34.2 Å². The molecule has 3 N–H and O–H groups in total. The summed E-state index contributed by atoms with van der Waals surface area (Å²) in [5.74, 6) is -0.933. The number of nitrogens with two attached hydrogens (primary N) is 1. The standard InChI is InChI=1S/C19H20N4O3/c1-4-10(2)14-7-15(18(25)26)17(24)23-6-5-13(11(3)16(14)23)12-8-21-19(20)22-9-12/h5-10H,4H2,1-3H3,(H,25,26)(H2,20,21,22). The minimum absolute atomic E-state index is 0.0975. The van der Waals surface area contributed by atoms with Crippen LogP contribution < -0.4 is 11.3 Å². The molecule has 3 aromatic rings. The molecule has 7 heteroatoms. The van der Waals surface area contributed by atoms with Crippen LogP contribution in [0.1, 0.15) is 47.7 Å². The predicted molar refractivity (Wildman–Crippen MR) is 99.5 cm³/mol. The normalized spacial score (nSPS) is 12.3. The third-order valence-corrected chi connectivity index (χ3v) is 4.77. The number of anilines is 1. The number of hydrogen-bond acceptors (Lipinski definition) is 5. The van der Waals surface area contributed by atoms with E-state index in [4.69, 9.17) is 5.73 Å². The molecule has 134 valence electrons. The smallest absolute Gasteiger partial charge is 0.341 e. The van der Waals surface area contributed by atoms with Crippen LogP contribution in [0, 0.1) is 6.92 Å². The van der Waals surface area contributed by atoms with Gasteiger partial charge in [-0.2, -0.15) is 0 Å². The van der Waals surface area contributed by atoms with Crippen LogP contribution in [0.4, 0.5) is 5.95 Å². The topological polar surface area (TPSA) is 111 Å². The lowest BCUT2D eigenvalue weighted by atomic mass is 9.92. The second-order valence-electron chi connectivity index (χ2n) is 6.34. The number of carbonyl (C=O) groups is 1. The Morgan fingerprint density at radius 2 is 2.00 bits per heavy atom. The Hall–Kier alpha value is -3.22. The fourth-order valence-corrected chi connectivity index (χ4v) is 3.14. The number of nitrogens with zero attached hydrogens (tertiary/aromatic N) is 3. The van der Waals surface area contributed by atoms with E-state index in [2.05, 4.69) is 9.97 Å². The molecule has 0 bridgehead atoms. The minimum Gasteiger partial charge on any atom is -0.477 e. The molecule has 0 aliphatic rings. The van der Waals surface area contributed by atoms with Gasteiger partial charge >= 0.3 is 5.97 Å². The van der Waals surface area contributed by atoms with E-state index >= 15 is 0 Å². The average Bonchev–Trinajstić information content (AvgIpc) is 2.62. The van der Waals surface area contributed by atoms with Crippen LogP contribution >= 0.6 is 0 Å². The number of rotatable bonds is 4. The molecule has 0 aliphatic carbocycles. The van der Waals surface area contributed by atoms with Gasteiger partial charge in [0.05, 0.1) is 5.52 Å². The molecular weight excluding hydrogens is 332 g/mol. The van der Waals surface area contributed by atoms with E-state index in [-0.39, 0.29) is 17.4 Å². The van der Waals surface area contributed by atoms with Crippen LogP contribution in [0.3, 0.4) is 0 Å². The quantitative estimate of drug-likeness (QED) is 0.747. The van der Waals surface area contributed by atoms with Crippen molar-refractivity contribution >= 4 is 17.4 Å². The van der Waals surface area contributed by atoms with Crippen LogP contribution in [0.2, 0.25) is 0 Å². The number of fused-ring (bicyclic) bond motifs is 1. The summed E-state index contributed by atoms with van der Waals surface area (Å²) in [5, 5.41) is 9.39. The zero-order chi connectivity index (χ0) is 19.0. The Bertz CT molecular complexity index is 1060. The molecule has 3 heterocycles. The number of aromatic carboxylic acids is 1. The Kier molecular flexibility index (Phi) is 4.46. The Morgan fingerprint density at radius 1 is 1.35 bits per heavy atom. The summed E-state index contributed by atoms with van der Waals surface area (Å²) < 4.78 is 1.42. The maximum Gasteiger partial charge on any atom is 0.341 e. The summed E-state index contributed by atoms with van der Waals surface area (Å²) in [6, 6.07) is 3.27. The molecule has 0 amide bonds. The van der Waals surface area contributed by atoms with Gasteiger partial charge in [-0.15, -0.1) is 0 Å². The Morgan fingerprint density at radius 3 is 2.58 bits per heavy atom. The number of pyridine rings is 2. The highest BCUT2D eigenvalue weighted by Gasteiger charge is 2.20. The first-order chi connectivity index (χ1) is 12.3. The summed E-state index contributed by atoms with van der Waals surface area (Å²) in [7, 11) is 0. The number of hydrogen-bond donors (Lipinski definition) is 2. The third-order valence-electron chi connectivity index (χ3n) is 4.77. The number of carboxylic acids is 1. The van der Waals surface area contributed by atoms with Crippen molar-refractivity contribution in [2.45, 2.75) is 33.1 Å². The van der Waals surface area contributed by atoms with Gasteiger partial charge in [0.2, 0.25) is 5.95 Å². The van der Waals surface area contributed by atoms with Gasteiger partial charge in [-0.3, -0.25) is 9.20 Å². The summed E-state index contributed by atoms with van der Waals surface area (Å²) in [6.07, 6.45) is 5.69. The molecule has 3 rings (SSSR count). The van der Waals surface area contributed by atoms with Crippen LogP contribution in [0.25, 0.3) is 16.6 Å². The minimum atomic E-state index is -1.22. The molecule has 0 spiro atoms. The van der Waals surface area contributed by atoms with Gasteiger partial charge in [0.25, 0.3) is 5.56 Å².